The number of nitrogens with zero attached hydrogens (tertiary/aromatic N) is 3. The number of rotatable bonds is 4. The van der Waals surface area contributed by atoms with Crippen LogP contribution in [0.15, 0.2) is 12.4 Å². The summed E-state index contributed by atoms with van der Waals surface area (Å²) in [4.78, 5) is 10.3. The van der Waals surface area contributed by atoms with Gasteiger partial charge in [0, 0.05) is 31.9 Å². The molecule has 3 rings (SSSR count). The van der Waals surface area contributed by atoms with Crippen LogP contribution in [0, 0.1) is 5.92 Å². The van der Waals surface area contributed by atoms with Crippen molar-refractivity contribution in [2.75, 3.05) is 18.0 Å². The summed E-state index contributed by atoms with van der Waals surface area (Å²) in [6, 6.07) is 0.569. The number of hydrogen-bond donors (Lipinski definition) is 1. The molecule has 1 N–H and O–H groups in total. The van der Waals surface area contributed by atoms with Crippen LogP contribution in [0.4, 0.5) is 19.0 Å². The Morgan fingerprint density at radius 1 is 1.24 bits per heavy atom. The standard InChI is InChI=1S/C14H19F3N4/c15-14(16,17)10-2-1-5-21(9-10)13-8-18-6-12(20-13)7-19-11-3-4-11/h6,8,10-11,19H,1-5,7,9H2. The van der Waals surface area contributed by atoms with Crippen LogP contribution in [-0.2, 0) is 6.54 Å². The van der Waals surface area contributed by atoms with Crippen LogP contribution < -0.4 is 10.2 Å². The highest BCUT2D eigenvalue weighted by Gasteiger charge is 2.42. The van der Waals surface area contributed by atoms with E-state index in [-0.39, 0.29) is 13.0 Å². The molecule has 0 spiro atoms. The Balaban J connectivity index is 1.65. The molecule has 0 radical (unpaired) electrons. The first-order valence-corrected chi connectivity index (χ1v) is 7.38. The van der Waals surface area contributed by atoms with Gasteiger partial charge in [-0.05, 0) is 25.7 Å². The Bertz CT molecular complexity index is 487. The molecule has 1 saturated heterocycles. The highest BCUT2D eigenvalue weighted by Crippen LogP contribution is 2.34. The maximum Gasteiger partial charge on any atom is 0.393 e. The Kier molecular flexibility index (Phi) is 4.01. The van der Waals surface area contributed by atoms with Crippen molar-refractivity contribution in [1.82, 2.24) is 15.3 Å². The molecule has 0 bridgehead atoms. The first kappa shape index (κ1) is 14.6. The SMILES string of the molecule is FC(F)(F)C1CCCN(c2cncc(CNC3CC3)n2)C1. The number of nitrogens with one attached hydrogen (secondary N) is 1. The first-order chi connectivity index (χ1) is 10.0. The summed E-state index contributed by atoms with van der Waals surface area (Å²) < 4.78 is 38.6. The number of hydrogen-bond acceptors (Lipinski definition) is 4. The van der Waals surface area contributed by atoms with Crippen molar-refractivity contribution in [2.45, 2.75) is 44.4 Å². The average Bonchev–Trinajstić information content (AvgIpc) is 3.29. The fourth-order valence-corrected chi connectivity index (χ4v) is 2.62. The summed E-state index contributed by atoms with van der Waals surface area (Å²) in [5.41, 5.74) is 0.786. The summed E-state index contributed by atoms with van der Waals surface area (Å²) in [5.74, 6) is -0.708. The third kappa shape index (κ3) is 3.84. The van der Waals surface area contributed by atoms with Crippen LogP contribution in [-0.4, -0.2) is 35.3 Å². The molecule has 1 aliphatic carbocycles. The molecule has 0 aromatic carbocycles. The van der Waals surface area contributed by atoms with Crippen molar-refractivity contribution < 1.29 is 13.2 Å². The normalized spacial score (nSPS) is 23.4. The Morgan fingerprint density at radius 2 is 2.05 bits per heavy atom. The van der Waals surface area contributed by atoms with Gasteiger partial charge in [-0.1, -0.05) is 0 Å². The van der Waals surface area contributed by atoms with Crippen molar-refractivity contribution in [3.63, 3.8) is 0 Å². The van der Waals surface area contributed by atoms with E-state index >= 15 is 0 Å². The number of anilines is 1. The monoisotopic (exact) mass is 300 g/mol. The van der Waals surface area contributed by atoms with E-state index in [0.717, 1.165) is 5.69 Å². The third-order valence-electron chi connectivity index (χ3n) is 4.03. The predicted molar refractivity (Wildman–Crippen MR) is 72.9 cm³/mol. The van der Waals surface area contributed by atoms with E-state index in [2.05, 4.69) is 15.3 Å². The third-order valence-corrected chi connectivity index (χ3v) is 4.03. The molecular formula is C14H19F3N4. The maximum atomic E-state index is 12.9. The van der Waals surface area contributed by atoms with Gasteiger partial charge in [0.05, 0.1) is 17.8 Å². The zero-order valence-corrected chi connectivity index (χ0v) is 11.7. The molecular weight excluding hydrogens is 281 g/mol. The maximum absolute atomic E-state index is 12.9. The minimum absolute atomic E-state index is 0.0162. The van der Waals surface area contributed by atoms with Gasteiger partial charge in [-0.15, -0.1) is 0 Å². The summed E-state index contributed by atoms with van der Waals surface area (Å²) in [6.45, 7) is 1.22. The minimum Gasteiger partial charge on any atom is -0.355 e. The summed E-state index contributed by atoms with van der Waals surface area (Å²) in [5, 5.41) is 3.34. The van der Waals surface area contributed by atoms with Crippen LogP contribution in [0.5, 0.6) is 0 Å². The van der Waals surface area contributed by atoms with Crippen LogP contribution in [0.3, 0.4) is 0 Å². The first-order valence-electron chi connectivity index (χ1n) is 7.38. The zero-order chi connectivity index (χ0) is 14.9. The molecule has 7 heteroatoms. The molecule has 1 aromatic rings. The highest BCUT2D eigenvalue weighted by atomic mass is 19.4. The average molecular weight is 300 g/mol. The predicted octanol–water partition coefficient (Wildman–Crippen LogP) is 2.51. The fourth-order valence-electron chi connectivity index (χ4n) is 2.62. The topological polar surface area (TPSA) is 41.1 Å². The molecule has 1 aromatic heterocycles. The molecule has 116 valence electrons. The van der Waals surface area contributed by atoms with Crippen molar-refractivity contribution in [3.05, 3.63) is 18.1 Å². The largest absolute Gasteiger partial charge is 0.393 e. The quantitative estimate of drug-likeness (QED) is 0.927. The molecule has 2 fully saturated rings. The number of piperidine rings is 1. The van der Waals surface area contributed by atoms with Crippen LogP contribution >= 0.6 is 0 Å². The highest BCUT2D eigenvalue weighted by molar-refractivity contribution is 5.37. The second kappa shape index (κ2) is 5.79. The fraction of sp³-hybridized carbons (Fsp3) is 0.714. The van der Waals surface area contributed by atoms with Crippen molar-refractivity contribution in [1.29, 1.82) is 0 Å². The molecule has 2 heterocycles. The van der Waals surface area contributed by atoms with Gasteiger partial charge in [-0.3, -0.25) is 4.98 Å². The molecule has 1 aliphatic heterocycles. The lowest BCUT2D eigenvalue weighted by Crippen LogP contribution is -2.42. The van der Waals surface area contributed by atoms with Gasteiger partial charge in [0.1, 0.15) is 5.82 Å². The zero-order valence-electron chi connectivity index (χ0n) is 11.7. The number of halogens is 3. The summed E-state index contributed by atoms with van der Waals surface area (Å²) >= 11 is 0. The lowest BCUT2D eigenvalue weighted by Gasteiger charge is -2.34. The molecule has 2 aliphatic rings. The Morgan fingerprint density at radius 3 is 2.76 bits per heavy atom. The van der Waals surface area contributed by atoms with Gasteiger partial charge in [0.25, 0.3) is 0 Å². The van der Waals surface area contributed by atoms with E-state index in [9.17, 15) is 13.2 Å². The lowest BCUT2D eigenvalue weighted by atomic mass is 9.97. The molecule has 21 heavy (non-hydrogen) atoms. The lowest BCUT2D eigenvalue weighted by molar-refractivity contribution is -0.176. The van der Waals surface area contributed by atoms with Gasteiger partial charge in [-0.2, -0.15) is 13.2 Å². The number of alkyl halides is 3. The minimum atomic E-state index is -4.13. The molecule has 1 saturated carbocycles. The molecule has 1 unspecified atom stereocenters. The molecule has 1 atom stereocenters. The van der Waals surface area contributed by atoms with Crippen molar-refractivity contribution in [2.24, 2.45) is 5.92 Å². The summed E-state index contributed by atoms with van der Waals surface area (Å²) in [7, 11) is 0. The van der Waals surface area contributed by atoms with Crippen LogP contribution in [0.25, 0.3) is 0 Å². The van der Waals surface area contributed by atoms with Crippen LogP contribution in [0.2, 0.25) is 0 Å². The van der Waals surface area contributed by atoms with Gasteiger partial charge in [0.2, 0.25) is 0 Å². The van der Waals surface area contributed by atoms with Gasteiger partial charge >= 0.3 is 6.18 Å². The van der Waals surface area contributed by atoms with E-state index in [1.165, 1.54) is 12.8 Å². The van der Waals surface area contributed by atoms with Crippen molar-refractivity contribution in [3.8, 4) is 0 Å². The van der Waals surface area contributed by atoms with E-state index in [1.54, 1.807) is 17.3 Å². The van der Waals surface area contributed by atoms with Gasteiger partial charge < -0.3 is 10.2 Å². The number of aromatic nitrogens is 2. The molecule has 4 nitrogen and oxygen atoms in total. The van der Waals surface area contributed by atoms with E-state index in [1.807, 2.05) is 0 Å². The van der Waals surface area contributed by atoms with Gasteiger partial charge in [-0.25, -0.2) is 4.98 Å². The van der Waals surface area contributed by atoms with Crippen molar-refractivity contribution >= 4 is 5.82 Å². The Hall–Kier alpha value is -1.37. The van der Waals surface area contributed by atoms with E-state index in [0.29, 0.717) is 31.4 Å². The van der Waals surface area contributed by atoms with E-state index in [4.69, 9.17) is 0 Å². The van der Waals surface area contributed by atoms with Crippen LogP contribution in [0.1, 0.15) is 31.4 Å². The Labute approximate surface area is 121 Å². The van der Waals surface area contributed by atoms with E-state index < -0.39 is 12.1 Å². The van der Waals surface area contributed by atoms with Gasteiger partial charge in [0.15, 0.2) is 0 Å². The second-order valence-corrected chi connectivity index (χ2v) is 5.85. The molecule has 0 amide bonds. The summed E-state index contributed by atoms with van der Waals surface area (Å²) in [6.07, 6.45) is 2.21. The smallest absolute Gasteiger partial charge is 0.355 e. The second-order valence-electron chi connectivity index (χ2n) is 5.85.